The zero-order valence-electron chi connectivity index (χ0n) is 21.8. The van der Waals surface area contributed by atoms with Gasteiger partial charge in [0, 0.05) is 37.5 Å². The zero-order chi connectivity index (χ0) is 25.6. The first kappa shape index (κ1) is 23.8. The third-order valence-electron chi connectivity index (χ3n) is 8.41. The van der Waals surface area contributed by atoms with E-state index in [2.05, 4.69) is 20.2 Å². The van der Waals surface area contributed by atoms with Crippen LogP contribution in [0.15, 0.2) is 30.5 Å². The van der Waals surface area contributed by atoms with Crippen LogP contribution in [0.3, 0.4) is 0 Å². The van der Waals surface area contributed by atoms with Crippen molar-refractivity contribution in [2.24, 2.45) is 0 Å². The van der Waals surface area contributed by atoms with Crippen LogP contribution in [0.25, 0.3) is 22.4 Å². The summed E-state index contributed by atoms with van der Waals surface area (Å²) in [6.07, 6.45) is 11.2. The normalized spacial score (nSPS) is 27.0. The molecule has 7 rings (SSSR count). The number of nitrogens with zero attached hydrogens (tertiary/aromatic N) is 5. The summed E-state index contributed by atoms with van der Waals surface area (Å²) in [5.41, 5.74) is 2.54. The number of methoxy groups -OCH3 is 1. The highest BCUT2D eigenvalue weighted by atomic mass is 16.5. The summed E-state index contributed by atoms with van der Waals surface area (Å²) >= 11 is 0. The first-order chi connectivity index (χ1) is 18.6. The fourth-order valence-electron chi connectivity index (χ4n) is 6.14. The van der Waals surface area contributed by atoms with Gasteiger partial charge in [0.15, 0.2) is 11.5 Å². The molecule has 38 heavy (non-hydrogen) atoms. The number of urea groups is 1. The second kappa shape index (κ2) is 9.81. The van der Waals surface area contributed by atoms with Crippen molar-refractivity contribution in [3.63, 3.8) is 0 Å². The number of carbonyl (C=O) groups is 1. The highest BCUT2D eigenvalue weighted by Crippen LogP contribution is 2.37. The predicted octanol–water partition coefficient (Wildman–Crippen LogP) is 4.27. The van der Waals surface area contributed by atoms with Crippen molar-refractivity contribution in [3.05, 3.63) is 30.5 Å². The van der Waals surface area contributed by atoms with Gasteiger partial charge in [-0.3, -0.25) is 0 Å². The minimum Gasteiger partial charge on any atom is -0.381 e. The Kier molecular flexibility index (Phi) is 6.16. The van der Waals surface area contributed by atoms with E-state index in [1.54, 1.807) is 7.11 Å². The van der Waals surface area contributed by atoms with Gasteiger partial charge in [-0.15, -0.1) is 0 Å². The average Bonchev–Trinajstić information content (AvgIpc) is 3.55. The Bertz CT molecular complexity index is 1300. The van der Waals surface area contributed by atoms with Gasteiger partial charge in [-0.2, -0.15) is 5.10 Å². The van der Waals surface area contributed by atoms with Gasteiger partial charge in [0.25, 0.3) is 0 Å². The molecule has 4 fully saturated rings. The number of aromatic nitrogens is 4. The molecule has 4 aliphatic rings. The summed E-state index contributed by atoms with van der Waals surface area (Å²) in [6.45, 7) is 1.68. The van der Waals surface area contributed by atoms with E-state index in [0.29, 0.717) is 24.0 Å². The van der Waals surface area contributed by atoms with Crippen molar-refractivity contribution < 1.29 is 14.3 Å². The first-order valence-corrected chi connectivity index (χ1v) is 14.0. The van der Waals surface area contributed by atoms with Crippen molar-refractivity contribution >= 4 is 28.6 Å². The van der Waals surface area contributed by atoms with Crippen molar-refractivity contribution in [3.8, 4) is 11.4 Å². The molecule has 2 aliphatic carbocycles. The Morgan fingerprint density at radius 2 is 1.71 bits per heavy atom. The van der Waals surface area contributed by atoms with Crippen molar-refractivity contribution in [1.82, 2.24) is 25.1 Å². The van der Waals surface area contributed by atoms with Crippen LogP contribution in [0.4, 0.5) is 16.3 Å². The van der Waals surface area contributed by atoms with Gasteiger partial charge in [0.2, 0.25) is 0 Å². The molecule has 2 N–H and O–H groups in total. The van der Waals surface area contributed by atoms with Crippen LogP contribution in [0.1, 0.15) is 57.4 Å². The molecule has 0 unspecified atom stereocenters. The number of benzene rings is 1. The van der Waals surface area contributed by atoms with E-state index in [9.17, 15) is 4.79 Å². The topological polar surface area (TPSA) is 106 Å². The van der Waals surface area contributed by atoms with Crippen molar-refractivity contribution in [1.29, 1.82) is 0 Å². The molecule has 10 nitrogen and oxygen atoms in total. The molecule has 2 atom stereocenters. The molecule has 2 aliphatic heterocycles. The lowest BCUT2D eigenvalue weighted by molar-refractivity contribution is 0.0303. The summed E-state index contributed by atoms with van der Waals surface area (Å²) in [6, 6.07) is 8.23. The van der Waals surface area contributed by atoms with Crippen LogP contribution >= 0.6 is 0 Å². The molecule has 2 bridgehead atoms. The van der Waals surface area contributed by atoms with Crippen molar-refractivity contribution in [2.75, 3.05) is 30.4 Å². The third kappa shape index (κ3) is 4.71. The number of anilines is 2. The molecule has 0 radical (unpaired) electrons. The monoisotopic (exact) mass is 517 g/mol. The summed E-state index contributed by atoms with van der Waals surface area (Å²) in [5.74, 6) is 1.61. The van der Waals surface area contributed by atoms with Crippen LogP contribution in [0.2, 0.25) is 0 Å². The maximum atomic E-state index is 12.2. The van der Waals surface area contributed by atoms with Gasteiger partial charge in [-0.1, -0.05) is 0 Å². The lowest BCUT2D eigenvalue weighted by atomic mass is 9.93. The fraction of sp³-hybridized carbons (Fsp3) is 0.571. The quantitative estimate of drug-likeness (QED) is 0.503. The predicted molar refractivity (Wildman–Crippen MR) is 144 cm³/mol. The number of fused-ring (bicyclic) bond motifs is 3. The molecule has 10 heteroatoms. The number of ether oxygens (including phenoxy) is 2. The molecule has 3 aromatic rings. The first-order valence-electron chi connectivity index (χ1n) is 14.0. The minimum absolute atomic E-state index is 0.158. The Morgan fingerprint density at radius 3 is 2.39 bits per heavy atom. The molecule has 2 aromatic heterocycles. The number of rotatable bonds is 6. The summed E-state index contributed by atoms with van der Waals surface area (Å²) in [5, 5.41) is 11.7. The molecule has 4 heterocycles. The van der Waals surface area contributed by atoms with Gasteiger partial charge in [0.05, 0.1) is 35.9 Å². The molecular weight excluding hydrogens is 482 g/mol. The molecule has 1 aromatic carbocycles. The number of amides is 2. The van der Waals surface area contributed by atoms with Gasteiger partial charge < -0.3 is 25.0 Å². The number of nitrogens with one attached hydrogen (secondary N) is 2. The Hall–Kier alpha value is -3.24. The standard InChI is InChI=1S/C28H35N7O3/c1-37-21-10-8-20(9-11-21)35-27-24(14-29-35)26(34-15-22-12-13-23(16-34)38-22)32-25(33-27)17-2-4-18(5-3-17)30-28(36)31-19-6-7-19/h2-5,14,19-23H,6-13,15-16H2,1H3,(H2,30,31,36)/t20?,21?,22-,23-/m1/s1. The largest absolute Gasteiger partial charge is 0.381 e. The number of hydrogen-bond donors (Lipinski definition) is 2. The van der Waals surface area contributed by atoms with E-state index in [0.717, 1.165) is 92.6 Å². The van der Waals surface area contributed by atoms with E-state index in [1.807, 2.05) is 30.5 Å². The van der Waals surface area contributed by atoms with E-state index < -0.39 is 0 Å². The Balaban J connectivity index is 1.22. The van der Waals surface area contributed by atoms with Crippen LogP contribution < -0.4 is 15.5 Å². The second-order valence-electron chi connectivity index (χ2n) is 11.2. The maximum absolute atomic E-state index is 12.2. The summed E-state index contributed by atoms with van der Waals surface area (Å²) < 4.78 is 13.8. The van der Waals surface area contributed by atoms with Crippen LogP contribution in [-0.2, 0) is 9.47 Å². The van der Waals surface area contributed by atoms with E-state index in [1.165, 1.54) is 0 Å². The number of hydrogen-bond acceptors (Lipinski definition) is 7. The van der Waals surface area contributed by atoms with Gasteiger partial charge in [-0.25, -0.2) is 19.4 Å². The van der Waals surface area contributed by atoms with Gasteiger partial charge in [-0.05, 0) is 75.6 Å². The maximum Gasteiger partial charge on any atom is 0.319 e. The number of morpholine rings is 1. The molecule has 2 saturated heterocycles. The molecule has 0 spiro atoms. The van der Waals surface area contributed by atoms with E-state index in [-0.39, 0.29) is 18.2 Å². The molecule has 2 saturated carbocycles. The van der Waals surface area contributed by atoms with Crippen molar-refractivity contribution in [2.45, 2.75) is 81.8 Å². The highest BCUT2D eigenvalue weighted by molar-refractivity contribution is 5.91. The molecule has 200 valence electrons. The lowest BCUT2D eigenvalue weighted by Gasteiger charge is -2.33. The van der Waals surface area contributed by atoms with E-state index >= 15 is 0 Å². The van der Waals surface area contributed by atoms with Crippen LogP contribution in [0, 0.1) is 0 Å². The second-order valence-corrected chi connectivity index (χ2v) is 11.2. The summed E-state index contributed by atoms with van der Waals surface area (Å²) in [7, 11) is 1.80. The highest BCUT2D eigenvalue weighted by Gasteiger charge is 2.36. The molecular formula is C28H35N7O3. The van der Waals surface area contributed by atoms with Crippen LogP contribution in [-0.4, -0.2) is 70.3 Å². The lowest BCUT2D eigenvalue weighted by Crippen LogP contribution is -2.43. The Labute approximate surface area is 222 Å². The van der Waals surface area contributed by atoms with Gasteiger partial charge >= 0.3 is 6.03 Å². The minimum atomic E-state index is -0.158. The molecule has 2 amide bonds. The average molecular weight is 518 g/mol. The number of carbonyl (C=O) groups excluding carboxylic acids is 1. The van der Waals surface area contributed by atoms with Crippen LogP contribution in [0.5, 0.6) is 0 Å². The third-order valence-corrected chi connectivity index (χ3v) is 8.41. The SMILES string of the molecule is COC1CCC(n2ncc3c(N4C[C@H]5CC[C@H](C4)O5)nc(-c4ccc(NC(=O)NC5CC5)cc4)nc32)CC1. The summed E-state index contributed by atoms with van der Waals surface area (Å²) in [4.78, 5) is 24.7. The van der Waals surface area contributed by atoms with Gasteiger partial charge in [0.1, 0.15) is 5.82 Å². The van der Waals surface area contributed by atoms with E-state index in [4.69, 9.17) is 24.5 Å². The fourth-order valence-corrected chi connectivity index (χ4v) is 6.14. The Morgan fingerprint density at radius 1 is 0.974 bits per heavy atom. The smallest absolute Gasteiger partial charge is 0.319 e. The zero-order valence-corrected chi connectivity index (χ0v) is 21.8.